The Morgan fingerprint density at radius 3 is 2.58 bits per heavy atom. The SMILES string of the molecule is Cc1cc2cnn(C(=O)OC(C)(C)C)c2c(C)c1N. The molecule has 1 aromatic heterocycles. The van der Waals surface area contributed by atoms with Gasteiger partial charge in [0.15, 0.2) is 0 Å². The van der Waals surface area contributed by atoms with Crippen molar-refractivity contribution in [1.29, 1.82) is 0 Å². The van der Waals surface area contributed by atoms with E-state index in [1.165, 1.54) is 4.68 Å². The summed E-state index contributed by atoms with van der Waals surface area (Å²) in [5.41, 5.74) is 8.66. The summed E-state index contributed by atoms with van der Waals surface area (Å²) in [6.45, 7) is 9.28. The van der Waals surface area contributed by atoms with Crippen molar-refractivity contribution in [3.8, 4) is 0 Å². The maximum absolute atomic E-state index is 12.1. The summed E-state index contributed by atoms with van der Waals surface area (Å²) in [6.07, 6.45) is 1.16. The second-order valence-corrected chi connectivity index (χ2v) is 5.71. The first-order valence-electron chi connectivity index (χ1n) is 6.17. The predicted octanol–water partition coefficient (Wildman–Crippen LogP) is 3.02. The number of nitrogens with two attached hydrogens (primary N) is 1. The molecule has 0 aliphatic rings. The van der Waals surface area contributed by atoms with Crippen LogP contribution in [0.2, 0.25) is 0 Å². The molecule has 0 fully saturated rings. The molecule has 0 spiro atoms. The molecule has 0 radical (unpaired) electrons. The van der Waals surface area contributed by atoms with Crippen LogP contribution in [0.1, 0.15) is 31.9 Å². The molecule has 0 atom stereocenters. The predicted molar refractivity (Wildman–Crippen MR) is 75.3 cm³/mol. The Bertz CT molecular complexity index is 651. The summed E-state index contributed by atoms with van der Waals surface area (Å²) in [6, 6.07) is 1.92. The molecule has 5 heteroatoms. The molecule has 1 aromatic carbocycles. The number of anilines is 1. The van der Waals surface area contributed by atoms with Crippen molar-refractivity contribution in [3.63, 3.8) is 0 Å². The van der Waals surface area contributed by atoms with Gasteiger partial charge in [0, 0.05) is 11.1 Å². The molecule has 0 unspecified atom stereocenters. The van der Waals surface area contributed by atoms with Crippen molar-refractivity contribution in [2.75, 3.05) is 5.73 Å². The molecular formula is C14H19N3O2. The third-order valence-corrected chi connectivity index (χ3v) is 2.92. The fourth-order valence-corrected chi connectivity index (χ4v) is 2.02. The number of ether oxygens (including phenoxy) is 1. The fraction of sp³-hybridized carbons (Fsp3) is 0.429. The van der Waals surface area contributed by atoms with E-state index in [2.05, 4.69) is 5.10 Å². The van der Waals surface area contributed by atoms with Gasteiger partial charge in [-0.1, -0.05) is 0 Å². The van der Waals surface area contributed by atoms with E-state index < -0.39 is 11.7 Å². The van der Waals surface area contributed by atoms with E-state index in [-0.39, 0.29) is 0 Å². The van der Waals surface area contributed by atoms with Crippen LogP contribution in [0, 0.1) is 13.8 Å². The first kappa shape index (κ1) is 13.4. The first-order valence-corrected chi connectivity index (χ1v) is 6.17. The zero-order valence-electron chi connectivity index (χ0n) is 11.9. The Balaban J connectivity index is 2.57. The van der Waals surface area contributed by atoms with Gasteiger partial charge < -0.3 is 10.5 Å². The highest BCUT2D eigenvalue weighted by molar-refractivity contribution is 5.93. The van der Waals surface area contributed by atoms with Crippen molar-refractivity contribution in [2.24, 2.45) is 0 Å². The number of fused-ring (bicyclic) bond motifs is 1. The van der Waals surface area contributed by atoms with Gasteiger partial charge >= 0.3 is 6.09 Å². The molecular weight excluding hydrogens is 242 g/mol. The van der Waals surface area contributed by atoms with Crippen LogP contribution in [-0.2, 0) is 4.74 Å². The van der Waals surface area contributed by atoms with E-state index in [1.54, 1.807) is 6.20 Å². The van der Waals surface area contributed by atoms with Crippen LogP contribution < -0.4 is 5.73 Å². The number of benzene rings is 1. The van der Waals surface area contributed by atoms with E-state index in [4.69, 9.17) is 10.5 Å². The highest BCUT2D eigenvalue weighted by Gasteiger charge is 2.21. The summed E-state index contributed by atoms with van der Waals surface area (Å²) in [7, 11) is 0. The quantitative estimate of drug-likeness (QED) is 0.740. The van der Waals surface area contributed by atoms with Gasteiger partial charge in [0.2, 0.25) is 0 Å². The molecule has 0 amide bonds. The van der Waals surface area contributed by atoms with E-state index in [1.807, 2.05) is 40.7 Å². The lowest BCUT2D eigenvalue weighted by atomic mass is 10.1. The molecule has 5 nitrogen and oxygen atoms in total. The van der Waals surface area contributed by atoms with Gasteiger partial charge in [-0.15, -0.1) is 0 Å². The third kappa shape index (κ3) is 2.41. The number of hydrogen-bond donors (Lipinski definition) is 1. The van der Waals surface area contributed by atoms with Crippen molar-refractivity contribution in [2.45, 2.75) is 40.2 Å². The van der Waals surface area contributed by atoms with Gasteiger partial charge in [-0.2, -0.15) is 9.78 Å². The highest BCUT2D eigenvalue weighted by Crippen LogP contribution is 2.27. The normalized spacial score (nSPS) is 11.8. The zero-order chi connectivity index (χ0) is 14.4. The van der Waals surface area contributed by atoms with E-state index >= 15 is 0 Å². The number of carbonyl (C=O) groups is 1. The summed E-state index contributed by atoms with van der Waals surface area (Å²) in [5.74, 6) is 0. The van der Waals surface area contributed by atoms with Crippen molar-refractivity contribution in [1.82, 2.24) is 9.78 Å². The molecule has 102 valence electrons. The van der Waals surface area contributed by atoms with Crippen molar-refractivity contribution in [3.05, 3.63) is 23.4 Å². The minimum atomic E-state index is -0.556. The number of aryl methyl sites for hydroxylation is 2. The fourth-order valence-electron chi connectivity index (χ4n) is 2.02. The summed E-state index contributed by atoms with van der Waals surface area (Å²) in [5, 5.41) is 4.99. The van der Waals surface area contributed by atoms with Gasteiger partial charge in [-0.05, 0) is 51.8 Å². The Labute approximate surface area is 112 Å². The number of aromatic nitrogens is 2. The molecule has 2 aromatic rings. The van der Waals surface area contributed by atoms with Crippen molar-refractivity contribution < 1.29 is 9.53 Å². The van der Waals surface area contributed by atoms with Crippen LogP contribution in [0.15, 0.2) is 12.3 Å². The Hall–Kier alpha value is -2.04. The number of nitrogens with zero attached hydrogens (tertiary/aromatic N) is 2. The van der Waals surface area contributed by atoms with Gasteiger partial charge in [0.05, 0.1) is 11.7 Å². The van der Waals surface area contributed by atoms with Crippen LogP contribution >= 0.6 is 0 Å². The number of hydrogen-bond acceptors (Lipinski definition) is 4. The van der Waals surface area contributed by atoms with Gasteiger partial charge in [-0.3, -0.25) is 0 Å². The lowest BCUT2D eigenvalue weighted by Gasteiger charge is -2.19. The maximum Gasteiger partial charge on any atom is 0.435 e. The Morgan fingerprint density at radius 2 is 2.00 bits per heavy atom. The molecule has 0 saturated heterocycles. The topological polar surface area (TPSA) is 70.1 Å². The highest BCUT2D eigenvalue weighted by atomic mass is 16.6. The van der Waals surface area contributed by atoms with E-state index in [9.17, 15) is 4.79 Å². The number of rotatable bonds is 0. The average Bonchev–Trinajstić information content (AvgIpc) is 2.67. The summed E-state index contributed by atoms with van der Waals surface area (Å²) < 4.78 is 6.61. The van der Waals surface area contributed by atoms with Crippen LogP contribution in [-0.4, -0.2) is 21.5 Å². The van der Waals surface area contributed by atoms with E-state index in [0.29, 0.717) is 11.2 Å². The molecule has 2 rings (SSSR count). The van der Waals surface area contributed by atoms with Crippen LogP contribution in [0.3, 0.4) is 0 Å². The number of nitrogen functional groups attached to an aromatic ring is 1. The monoisotopic (exact) mass is 261 g/mol. The minimum Gasteiger partial charge on any atom is -0.442 e. The largest absolute Gasteiger partial charge is 0.442 e. The smallest absolute Gasteiger partial charge is 0.435 e. The van der Waals surface area contributed by atoms with Crippen molar-refractivity contribution >= 4 is 22.7 Å². The minimum absolute atomic E-state index is 0.492. The van der Waals surface area contributed by atoms with Gasteiger partial charge in [-0.25, -0.2) is 4.79 Å². The maximum atomic E-state index is 12.1. The van der Waals surface area contributed by atoms with Crippen LogP contribution in [0.4, 0.5) is 10.5 Å². The summed E-state index contributed by atoms with van der Waals surface area (Å²) in [4.78, 5) is 12.1. The van der Waals surface area contributed by atoms with E-state index in [0.717, 1.165) is 16.5 Å². The second-order valence-electron chi connectivity index (χ2n) is 5.71. The first-order chi connectivity index (χ1) is 8.70. The molecule has 0 aliphatic heterocycles. The molecule has 0 saturated carbocycles. The van der Waals surface area contributed by atoms with Gasteiger partial charge in [0.25, 0.3) is 0 Å². The molecule has 0 bridgehead atoms. The van der Waals surface area contributed by atoms with Gasteiger partial charge in [0.1, 0.15) is 5.60 Å². The molecule has 1 heterocycles. The number of carbonyl (C=O) groups excluding carboxylic acids is 1. The Morgan fingerprint density at radius 1 is 1.37 bits per heavy atom. The standard InChI is InChI=1S/C14H19N3O2/c1-8-6-10-7-16-17(12(10)9(2)11(8)15)13(18)19-14(3,4)5/h6-7H,15H2,1-5H3. The molecule has 0 aliphatic carbocycles. The average molecular weight is 261 g/mol. The lowest BCUT2D eigenvalue weighted by molar-refractivity contribution is 0.0522. The Kier molecular flexibility index (Phi) is 3.00. The zero-order valence-corrected chi connectivity index (χ0v) is 11.9. The molecule has 19 heavy (non-hydrogen) atoms. The molecule has 2 N–H and O–H groups in total. The van der Waals surface area contributed by atoms with Crippen LogP contribution in [0.25, 0.3) is 10.9 Å². The van der Waals surface area contributed by atoms with Crippen LogP contribution in [0.5, 0.6) is 0 Å². The second kappa shape index (κ2) is 4.26. The lowest BCUT2D eigenvalue weighted by Crippen LogP contribution is -2.27. The summed E-state index contributed by atoms with van der Waals surface area (Å²) >= 11 is 0. The third-order valence-electron chi connectivity index (χ3n) is 2.92.